The molecule has 17 heavy (non-hydrogen) atoms. The van der Waals surface area contributed by atoms with Crippen LogP contribution in [0.15, 0.2) is 42.6 Å². The topological polar surface area (TPSA) is 42.2 Å². The number of aromatic nitrogens is 1. The summed E-state index contributed by atoms with van der Waals surface area (Å²) >= 11 is 5.77. The number of carboxylic acids is 1. The molecule has 0 aliphatic rings. The molecule has 0 fully saturated rings. The highest BCUT2D eigenvalue weighted by molar-refractivity contribution is 6.31. The highest BCUT2D eigenvalue weighted by atomic mass is 35.5. The number of rotatable bonds is 3. The molecule has 0 bridgehead atoms. The lowest BCUT2D eigenvalue weighted by Gasteiger charge is -1.98. The zero-order chi connectivity index (χ0) is 12.3. The van der Waals surface area contributed by atoms with Gasteiger partial charge >= 0.3 is 5.97 Å². The molecular weight excluding hydrogens is 238 g/mol. The van der Waals surface area contributed by atoms with E-state index >= 15 is 0 Å². The fourth-order valence-electron chi connectivity index (χ4n) is 1.47. The summed E-state index contributed by atoms with van der Waals surface area (Å²) in [6.45, 7) is 0. The number of hydrogen-bond donors (Lipinski definition) is 1. The van der Waals surface area contributed by atoms with Crippen molar-refractivity contribution in [2.75, 3.05) is 0 Å². The standard InChI is InChI=1S/C13H10ClNO2/c14-11-8-12(13(16)17)15(9-11)7-6-10-4-2-1-3-5-10/h1-9H,(H,16,17)/b7-6+. The Morgan fingerprint density at radius 3 is 2.65 bits per heavy atom. The van der Waals surface area contributed by atoms with Gasteiger partial charge in [-0.2, -0.15) is 0 Å². The summed E-state index contributed by atoms with van der Waals surface area (Å²) < 4.78 is 1.48. The van der Waals surface area contributed by atoms with E-state index < -0.39 is 5.97 Å². The molecule has 0 saturated carbocycles. The fraction of sp³-hybridized carbons (Fsp3) is 0. The van der Waals surface area contributed by atoms with Crippen molar-refractivity contribution in [1.29, 1.82) is 0 Å². The second-order valence-corrected chi connectivity index (χ2v) is 3.92. The average molecular weight is 248 g/mol. The van der Waals surface area contributed by atoms with Gasteiger partial charge in [0.25, 0.3) is 0 Å². The maximum Gasteiger partial charge on any atom is 0.352 e. The first-order valence-corrected chi connectivity index (χ1v) is 5.38. The first-order chi connectivity index (χ1) is 8.16. The van der Waals surface area contributed by atoms with Gasteiger partial charge in [0.2, 0.25) is 0 Å². The Bertz CT molecular complexity index is 558. The van der Waals surface area contributed by atoms with E-state index in [-0.39, 0.29) is 5.69 Å². The predicted octanol–water partition coefficient (Wildman–Crippen LogP) is 3.47. The van der Waals surface area contributed by atoms with Crippen LogP contribution in [0.25, 0.3) is 12.3 Å². The lowest BCUT2D eigenvalue weighted by atomic mass is 10.2. The van der Waals surface area contributed by atoms with E-state index in [1.54, 1.807) is 12.4 Å². The smallest absolute Gasteiger partial charge is 0.352 e. The molecule has 1 aromatic heterocycles. The number of halogens is 1. The van der Waals surface area contributed by atoms with Crippen molar-refractivity contribution in [3.8, 4) is 0 Å². The summed E-state index contributed by atoms with van der Waals surface area (Å²) in [6, 6.07) is 11.0. The van der Waals surface area contributed by atoms with Crippen LogP contribution < -0.4 is 0 Å². The number of aromatic carboxylic acids is 1. The highest BCUT2D eigenvalue weighted by Crippen LogP contribution is 2.15. The summed E-state index contributed by atoms with van der Waals surface area (Å²) in [5, 5.41) is 9.37. The van der Waals surface area contributed by atoms with Crippen LogP contribution in [0.3, 0.4) is 0 Å². The van der Waals surface area contributed by atoms with Crippen LogP contribution in [0.1, 0.15) is 16.1 Å². The van der Waals surface area contributed by atoms with Crippen molar-refractivity contribution in [3.63, 3.8) is 0 Å². The Morgan fingerprint density at radius 2 is 2.00 bits per heavy atom. The Morgan fingerprint density at radius 1 is 1.29 bits per heavy atom. The molecule has 0 radical (unpaired) electrons. The molecular formula is C13H10ClNO2. The van der Waals surface area contributed by atoms with Crippen molar-refractivity contribution < 1.29 is 9.90 Å². The van der Waals surface area contributed by atoms with Crippen LogP contribution in [-0.4, -0.2) is 15.6 Å². The molecule has 4 heteroatoms. The van der Waals surface area contributed by atoms with E-state index in [4.69, 9.17) is 16.7 Å². The third kappa shape index (κ3) is 2.77. The molecule has 2 aromatic rings. The predicted molar refractivity (Wildman–Crippen MR) is 68.1 cm³/mol. The lowest BCUT2D eigenvalue weighted by molar-refractivity contribution is 0.0689. The van der Waals surface area contributed by atoms with Crippen LogP contribution in [0.2, 0.25) is 5.02 Å². The molecule has 0 atom stereocenters. The molecule has 0 unspecified atom stereocenters. The van der Waals surface area contributed by atoms with Crippen molar-refractivity contribution in [3.05, 3.63) is 58.9 Å². The molecule has 0 amide bonds. The number of carbonyl (C=O) groups is 1. The van der Waals surface area contributed by atoms with Crippen molar-refractivity contribution >= 4 is 29.8 Å². The van der Waals surface area contributed by atoms with Crippen LogP contribution in [0, 0.1) is 0 Å². The van der Waals surface area contributed by atoms with Gasteiger partial charge in [0, 0.05) is 12.4 Å². The van der Waals surface area contributed by atoms with Crippen molar-refractivity contribution in [1.82, 2.24) is 4.57 Å². The molecule has 0 saturated heterocycles. The van der Waals surface area contributed by atoms with Gasteiger partial charge < -0.3 is 9.67 Å². The van der Waals surface area contributed by atoms with E-state index in [0.717, 1.165) is 5.56 Å². The monoisotopic (exact) mass is 247 g/mol. The van der Waals surface area contributed by atoms with Crippen LogP contribution in [0.5, 0.6) is 0 Å². The summed E-state index contributed by atoms with van der Waals surface area (Å²) in [6.07, 6.45) is 5.05. The zero-order valence-electron chi connectivity index (χ0n) is 8.88. The van der Waals surface area contributed by atoms with Gasteiger partial charge in [0.1, 0.15) is 5.69 Å². The Balaban J connectivity index is 2.30. The Labute approximate surface area is 104 Å². The summed E-state index contributed by atoms with van der Waals surface area (Å²) in [5.74, 6) is -1.00. The summed E-state index contributed by atoms with van der Waals surface area (Å²) in [5.41, 5.74) is 1.14. The second kappa shape index (κ2) is 4.89. The fourth-order valence-corrected chi connectivity index (χ4v) is 1.68. The van der Waals surface area contributed by atoms with Gasteiger partial charge in [-0.25, -0.2) is 4.79 Å². The van der Waals surface area contributed by atoms with Gasteiger partial charge in [0.05, 0.1) is 5.02 Å². The first-order valence-electron chi connectivity index (χ1n) is 5.01. The average Bonchev–Trinajstić information content (AvgIpc) is 2.69. The molecule has 3 nitrogen and oxygen atoms in total. The number of carboxylic acid groups (broad SMARTS) is 1. The normalized spacial score (nSPS) is 10.9. The van der Waals surface area contributed by atoms with Gasteiger partial charge in [-0.1, -0.05) is 41.9 Å². The van der Waals surface area contributed by atoms with E-state index in [2.05, 4.69) is 0 Å². The molecule has 0 aliphatic carbocycles. The molecule has 0 spiro atoms. The third-order valence-electron chi connectivity index (χ3n) is 2.26. The molecule has 1 aromatic carbocycles. The van der Waals surface area contributed by atoms with Crippen LogP contribution in [-0.2, 0) is 0 Å². The van der Waals surface area contributed by atoms with Gasteiger partial charge in [-0.3, -0.25) is 0 Å². The summed E-state index contributed by atoms with van der Waals surface area (Å²) in [7, 11) is 0. The summed E-state index contributed by atoms with van der Waals surface area (Å²) in [4.78, 5) is 10.9. The van der Waals surface area contributed by atoms with E-state index in [1.807, 2.05) is 36.4 Å². The largest absolute Gasteiger partial charge is 0.477 e. The van der Waals surface area contributed by atoms with Crippen molar-refractivity contribution in [2.45, 2.75) is 0 Å². The van der Waals surface area contributed by atoms with E-state index in [9.17, 15) is 4.79 Å². The number of nitrogens with zero attached hydrogens (tertiary/aromatic N) is 1. The Kier molecular flexibility index (Phi) is 3.30. The molecule has 1 heterocycles. The zero-order valence-corrected chi connectivity index (χ0v) is 9.63. The van der Waals surface area contributed by atoms with Gasteiger partial charge in [-0.05, 0) is 17.7 Å². The minimum atomic E-state index is -1.00. The molecule has 0 aliphatic heterocycles. The number of hydrogen-bond acceptors (Lipinski definition) is 1. The van der Waals surface area contributed by atoms with E-state index in [1.165, 1.54) is 10.6 Å². The first kappa shape index (κ1) is 11.5. The molecule has 86 valence electrons. The second-order valence-electron chi connectivity index (χ2n) is 3.48. The third-order valence-corrected chi connectivity index (χ3v) is 2.47. The maximum atomic E-state index is 10.9. The molecule has 1 N–H and O–H groups in total. The lowest BCUT2D eigenvalue weighted by Crippen LogP contribution is -2.01. The SMILES string of the molecule is O=C(O)c1cc(Cl)cn1/C=C/c1ccccc1. The minimum Gasteiger partial charge on any atom is -0.477 e. The van der Waals surface area contributed by atoms with Crippen LogP contribution >= 0.6 is 11.6 Å². The van der Waals surface area contributed by atoms with E-state index in [0.29, 0.717) is 5.02 Å². The van der Waals surface area contributed by atoms with Crippen LogP contribution in [0.4, 0.5) is 0 Å². The van der Waals surface area contributed by atoms with Gasteiger partial charge in [0.15, 0.2) is 0 Å². The molecule has 2 rings (SSSR count). The maximum absolute atomic E-state index is 10.9. The quantitative estimate of drug-likeness (QED) is 0.902. The van der Waals surface area contributed by atoms with Gasteiger partial charge in [-0.15, -0.1) is 0 Å². The number of benzene rings is 1. The Hall–Kier alpha value is -2.00. The minimum absolute atomic E-state index is 0.141. The highest BCUT2D eigenvalue weighted by Gasteiger charge is 2.09. The van der Waals surface area contributed by atoms with Crippen molar-refractivity contribution in [2.24, 2.45) is 0 Å².